The number of aliphatic carboxylic acids is 1. The molecular weight excluding hydrogens is 588 g/mol. The molecule has 0 aromatic rings. The van der Waals surface area contributed by atoms with E-state index in [4.69, 9.17) is 16.2 Å². The standard InChI is InChI=1S/C41H83ClO2Si/c1-45(2,42)40-38-36-34-32-30-28-26-24-22-20-18-16-14-12-10-8-6-4-3-5-7-9-11-13-15-17-19-21-23-25-27-29-31-33-35-37-39-41(43)44/h3-40H2,1-2H3,(H,43,44). The van der Waals surface area contributed by atoms with Crippen molar-refractivity contribution in [2.45, 2.75) is 257 Å². The predicted octanol–water partition coefficient (Wildman–Crippen LogP) is 15.9. The molecule has 0 aromatic heterocycles. The van der Waals surface area contributed by atoms with Gasteiger partial charge in [-0.15, -0.1) is 0 Å². The first-order valence-corrected chi connectivity index (χ1v) is 25.0. The van der Waals surface area contributed by atoms with E-state index in [-0.39, 0.29) is 0 Å². The summed E-state index contributed by atoms with van der Waals surface area (Å²) in [5.74, 6) is -0.648. The highest BCUT2D eigenvalue weighted by atomic mass is 35.6. The van der Waals surface area contributed by atoms with Gasteiger partial charge in [-0.25, -0.2) is 0 Å². The number of carboxylic acid groups (broad SMARTS) is 1. The van der Waals surface area contributed by atoms with Crippen molar-refractivity contribution >= 4 is 24.4 Å². The van der Waals surface area contributed by atoms with Gasteiger partial charge in [-0.3, -0.25) is 4.79 Å². The molecule has 0 aliphatic heterocycles. The van der Waals surface area contributed by atoms with E-state index in [2.05, 4.69) is 13.1 Å². The Labute approximate surface area is 290 Å². The average molecular weight is 672 g/mol. The zero-order valence-corrected chi connectivity index (χ0v) is 32.9. The second-order valence-electron chi connectivity index (χ2n) is 15.3. The maximum atomic E-state index is 10.5. The van der Waals surface area contributed by atoms with Gasteiger partial charge in [0.15, 0.2) is 0 Å². The zero-order valence-electron chi connectivity index (χ0n) is 31.1. The molecule has 0 aromatic carbocycles. The van der Waals surface area contributed by atoms with Crippen molar-refractivity contribution in [2.24, 2.45) is 0 Å². The summed E-state index contributed by atoms with van der Waals surface area (Å²) in [6.45, 7) is 4.54. The van der Waals surface area contributed by atoms with E-state index in [1.165, 1.54) is 224 Å². The van der Waals surface area contributed by atoms with Gasteiger partial charge in [0.25, 0.3) is 0 Å². The maximum Gasteiger partial charge on any atom is 0.303 e. The molecule has 0 radical (unpaired) electrons. The summed E-state index contributed by atoms with van der Waals surface area (Å²) >= 11 is 6.40. The van der Waals surface area contributed by atoms with Crippen LogP contribution in [-0.4, -0.2) is 18.5 Å². The van der Waals surface area contributed by atoms with E-state index in [9.17, 15) is 4.79 Å². The minimum atomic E-state index is -1.32. The van der Waals surface area contributed by atoms with Crippen LogP contribution < -0.4 is 0 Å². The number of carbonyl (C=O) groups is 1. The van der Waals surface area contributed by atoms with Crippen LogP contribution in [-0.2, 0) is 4.79 Å². The Balaban J connectivity index is 3.06. The lowest BCUT2D eigenvalue weighted by Crippen LogP contribution is -2.14. The number of carboxylic acids is 1. The third-order valence-electron chi connectivity index (χ3n) is 9.91. The van der Waals surface area contributed by atoms with Crippen LogP contribution >= 0.6 is 11.1 Å². The fourth-order valence-electron chi connectivity index (χ4n) is 6.83. The van der Waals surface area contributed by atoms with Gasteiger partial charge in [-0.05, 0) is 12.5 Å². The monoisotopic (exact) mass is 671 g/mol. The van der Waals surface area contributed by atoms with Gasteiger partial charge in [0.1, 0.15) is 7.38 Å². The fourth-order valence-corrected chi connectivity index (χ4v) is 8.32. The van der Waals surface area contributed by atoms with Gasteiger partial charge in [0.05, 0.1) is 0 Å². The van der Waals surface area contributed by atoms with Crippen molar-refractivity contribution in [3.8, 4) is 0 Å². The van der Waals surface area contributed by atoms with E-state index in [0.717, 1.165) is 12.8 Å². The molecule has 0 unspecified atom stereocenters. The molecule has 0 fully saturated rings. The van der Waals surface area contributed by atoms with Crippen LogP contribution in [0.5, 0.6) is 0 Å². The molecule has 1 N–H and O–H groups in total. The molecular formula is C41H83ClO2Si. The largest absolute Gasteiger partial charge is 0.481 e. The Kier molecular flexibility index (Phi) is 36.8. The smallest absolute Gasteiger partial charge is 0.303 e. The number of unbranched alkanes of at least 4 members (excludes halogenated alkanes) is 35. The molecule has 0 bridgehead atoms. The lowest BCUT2D eigenvalue weighted by atomic mass is 10.0. The van der Waals surface area contributed by atoms with Crippen molar-refractivity contribution in [3.05, 3.63) is 0 Å². The highest BCUT2D eigenvalue weighted by molar-refractivity contribution is 7.19. The van der Waals surface area contributed by atoms with Crippen LogP contribution in [0, 0.1) is 0 Å². The van der Waals surface area contributed by atoms with E-state index in [0.29, 0.717) is 6.42 Å². The molecule has 0 heterocycles. The van der Waals surface area contributed by atoms with Gasteiger partial charge in [-0.2, -0.15) is 11.1 Å². The highest BCUT2D eigenvalue weighted by Crippen LogP contribution is 2.20. The molecule has 0 aliphatic carbocycles. The summed E-state index contributed by atoms with van der Waals surface area (Å²) in [4.78, 5) is 10.5. The summed E-state index contributed by atoms with van der Waals surface area (Å²) in [7, 11) is -1.32. The van der Waals surface area contributed by atoms with E-state index in [1.54, 1.807) is 0 Å². The number of hydrogen-bond donors (Lipinski definition) is 1. The van der Waals surface area contributed by atoms with Gasteiger partial charge in [0.2, 0.25) is 0 Å². The average Bonchev–Trinajstić information content (AvgIpc) is 2.99. The lowest BCUT2D eigenvalue weighted by Gasteiger charge is -2.11. The first-order chi connectivity index (χ1) is 21.9. The van der Waals surface area contributed by atoms with Crippen LogP contribution in [0.2, 0.25) is 19.1 Å². The Morgan fingerprint density at radius 1 is 0.356 bits per heavy atom. The van der Waals surface area contributed by atoms with Crippen LogP contribution in [0.25, 0.3) is 0 Å². The predicted molar refractivity (Wildman–Crippen MR) is 207 cm³/mol. The van der Waals surface area contributed by atoms with Crippen molar-refractivity contribution in [1.29, 1.82) is 0 Å². The van der Waals surface area contributed by atoms with Crippen molar-refractivity contribution in [1.82, 2.24) is 0 Å². The minimum absolute atomic E-state index is 0.345. The summed E-state index contributed by atoms with van der Waals surface area (Å²) < 4.78 is 0. The Bertz CT molecular complexity index is 576. The van der Waals surface area contributed by atoms with Gasteiger partial charge < -0.3 is 5.11 Å². The Morgan fingerprint density at radius 3 is 0.667 bits per heavy atom. The summed E-state index contributed by atoms with van der Waals surface area (Å²) in [6, 6.07) is 1.29. The minimum Gasteiger partial charge on any atom is -0.481 e. The van der Waals surface area contributed by atoms with Gasteiger partial charge >= 0.3 is 5.97 Å². The van der Waals surface area contributed by atoms with Crippen LogP contribution in [0.3, 0.4) is 0 Å². The Morgan fingerprint density at radius 2 is 0.511 bits per heavy atom. The number of halogens is 1. The number of rotatable bonds is 39. The summed E-state index contributed by atoms with van der Waals surface area (Å²) in [5, 5.41) is 8.65. The quantitative estimate of drug-likeness (QED) is 0.0401. The van der Waals surface area contributed by atoms with Crippen LogP contribution in [0.15, 0.2) is 0 Å². The molecule has 0 amide bonds. The lowest BCUT2D eigenvalue weighted by molar-refractivity contribution is -0.137. The van der Waals surface area contributed by atoms with E-state index in [1.807, 2.05) is 0 Å². The SMILES string of the molecule is C[Si](C)(Cl)CCCCCCCCCCCCCCCCCCCCCCCCCCCCCCCCCCCCCCC(=O)O. The molecule has 0 saturated carbocycles. The Hall–Kier alpha value is -0.0231. The van der Waals surface area contributed by atoms with E-state index >= 15 is 0 Å². The molecule has 45 heavy (non-hydrogen) atoms. The normalized spacial score (nSPS) is 11.9. The molecule has 0 saturated heterocycles. The molecule has 0 rings (SSSR count). The molecule has 4 heteroatoms. The number of hydrogen-bond acceptors (Lipinski definition) is 1. The molecule has 270 valence electrons. The fraction of sp³-hybridized carbons (Fsp3) is 0.976. The third kappa shape index (κ3) is 44.0. The van der Waals surface area contributed by atoms with Crippen molar-refractivity contribution < 1.29 is 9.90 Å². The maximum absolute atomic E-state index is 10.5. The topological polar surface area (TPSA) is 37.3 Å². The second-order valence-corrected chi connectivity index (χ2v) is 22.3. The molecule has 2 nitrogen and oxygen atoms in total. The first-order valence-electron chi connectivity index (χ1n) is 20.8. The second kappa shape index (κ2) is 36.8. The van der Waals surface area contributed by atoms with Crippen molar-refractivity contribution in [3.63, 3.8) is 0 Å². The van der Waals surface area contributed by atoms with Gasteiger partial charge in [0, 0.05) is 6.42 Å². The molecule has 0 atom stereocenters. The van der Waals surface area contributed by atoms with Crippen molar-refractivity contribution in [2.75, 3.05) is 0 Å². The molecule has 0 aliphatic rings. The summed E-state index contributed by atoms with van der Waals surface area (Å²) in [5.41, 5.74) is 0. The highest BCUT2D eigenvalue weighted by Gasteiger charge is 2.15. The van der Waals surface area contributed by atoms with Crippen LogP contribution in [0.4, 0.5) is 0 Å². The first kappa shape index (κ1) is 45.0. The van der Waals surface area contributed by atoms with Crippen LogP contribution in [0.1, 0.15) is 238 Å². The van der Waals surface area contributed by atoms with Gasteiger partial charge in [-0.1, -0.05) is 238 Å². The molecule has 0 spiro atoms. The third-order valence-corrected chi connectivity index (χ3v) is 12.0. The van der Waals surface area contributed by atoms with E-state index < -0.39 is 13.4 Å². The zero-order chi connectivity index (χ0) is 32.9. The summed E-state index contributed by atoms with van der Waals surface area (Å²) in [6.07, 6.45) is 51.1.